The Morgan fingerprint density at radius 1 is 1.00 bits per heavy atom. The molecule has 1 saturated carbocycles. The Morgan fingerprint density at radius 3 is 2.29 bits per heavy atom. The second kappa shape index (κ2) is 7.21. The molecule has 6 nitrogen and oxygen atoms in total. The highest BCUT2D eigenvalue weighted by Gasteiger charge is 2.18. The van der Waals surface area contributed by atoms with Crippen molar-refractivity contribution < 1.29 is 9.59 Å². The van der Waals surface area contributed by atoms with Gasteiger partial charge in [-0.05, 0) is 56.2 Å². The summed E-state index contributed by atoms with van der Waals surface area (Å²) in [5.74, 6) is 0.397. The summed E-state index contributed by atoms with van der Waals surface area (Å²) in [6, 6.07) is 10.7. The van der Waals surface area contributed by atoms with Crippen LogP contribution in [0.2, 0.25) is 0 Å². The van der Waals surface area contributed by atoms with Crippen molar-refractivity contribution >= 4 is 23.2 Å². The number of aromatic nitrogens is 2. The van der Waals surface area contributed by atoms with E-state index in [1.165, 1.54) is 19.8 Å². The molecule has 3 rings (SSSR count). The third-order valence-electron chi connectivity index (χ3n) is 4.15. The highest BCUT2D eigenvalue weighted by molar-refractivity contribution is 5.94. The summed E-state index contributed by atoms with van der Waals surface area (Å²) >= 11 is 0. The summed E-state index contributed by atoms with van der Waals surface area (Å²) < 4.78 is 0. The highest BCUT2D eigenvalue weighted by Crippen LogP contribution is 2.18. The van der Waals surface area contributed by atoms with E-state index in [1.807, 2.05) is 0 Å². The largest absolute Gasteiger partial charge is 0.348 e. The predicted molar refractivity (Wildman–Crippen MR) is 91.5 cm³/mol. The molecule has 1 fully saturated rings. The molecule has 0 atom stereocenters. The lowest BCUT2D eigenvalue weighted by molar-refractivity contribution is 0.0931. The number of anilines is 2. The van der Waals surface area contributed by atoms with E-state index in [2.05, 4.69) is 20.8 Å². The fraction of sp³-hybridized carbons (Fsp3) is 0.333. The number of rotatable bonds is 5. The second-order valence-electron chi connectivity index (χ2n) is 6.02. The number of nitrogens with one attached hydrogen (secondary N) is 2. The van der Waals surface area contributed by atoms with Gasteiger partial charge in [-0.2, -0.15) is 0 Å². The normalized spacial score (nSPS) is 14.4. The van der Waals surface area contributed by atoms with Crippen LogP contribution in [-0.4, -0.2) is 27.9 Å². The Kier molecular flexibility index (Phi) is 4.84. The first kappa shape index (κ1) is 16.1. The van der Waals surface area contributed by atoms with Gasteiger partial charge in [0.1, 0.15) is 0 Å². The first-order valence-electron chi connectivity index (χ1n) is 8.14. The van der Waals surface area contributed by atoms with Crippen LogP contribution in [-0.2, 0) is 0 Å². The maximum Gasteiger partial charge on any atom is 0.272 e. The van der Waals surface area contributed by atoms with Gasteiger partial charge in [0, 0.05) is 17.3 Å². The first-order chi connectivity index (χ1) is 11.6. The number of ketones is 1. The third kappa shape index (κ3) is 3.95. The number of Topliss-reactive ketones (excluding diaryl/α,β-unsaturated/α-hetero) is 1. The van der Waals surface area contributed by atoms with E-state index in [0.29, 0.717) is 17.1 Å². The van der Waals surface area contributed by atoms with E-state index < -0.39 is 0 Å². The van der Waals surface area contributed by atoms with Crippen LogP contribution in [0.15, 0.2) is 36.4 Å². The fourth-order valence-corrected chi connectivity index (χ4v) is 2.79. The molecular weight excluding hydrogens is 304 g/mol. The minimum absolute atomic E-state index is 0.0268. The molecule has 0 bridgehead atoms. The van der Waals surface area contributed by atoms with Crippen molar-refractivity contribution in [1.82, 2.24) is 15.5 Å². The predicted octanol–water partition coefficient (Wildman–Crippen LogP) is 3.10. The van der Waals surface area contributed by atoms with Crippen molar-refractivity contribution in [2.45, 2.75) is 38.6 Å². The Bertz CT molecular complexity index is 720. The molecule has 1 aromatic carbocycles. The van der Waals surface area contributed by atoms with Crippen LogP contribution in [0, 0.1) is 0 Å². The smallest absolute Gasteiger partial charge is 0.272 e. The molecule has 2 aromatic rings. The van der Waals surface area contributed by atoms with E-state index >= 15 is 0 Å². The van der Waals surface area contributed by atoms with E-state index in [0.717, 1.165) is 18.5 Å². The number of hydrogen-bond donors (Lipinski definition) is 2. The molecule has 0 saturated heterocycles. The van der Waals surface area contributed by atoms with Crippen molar-refractivity contribution in [3.63, 3.8) is 0 Å². The Balaban J connectivity index is 1.61. The van der Waals surface area contributed by atoms with Crippen LogP contribution in [0.5, 0.6) is 0 Å². The topological polar surface area (TPSA) is 84.0 Å². The number of carbonyl (C=O) groups excluding carboxylic acids is 2. The number of carbonyl (C=O) groups is 2. The molecule has 1 amide bonds. The molecule has 2 N–H and O–H groups in total. The van der Waals surface area contributed by atoms with Gasteiger partial charge >= 0.3 is 0 Å². The van der Waals surface area contributed by atoms with Crippen molar-refractivity contribution in [3.05, 3.63) is 47.7 Å². The average molecular weight is 324 g/mol. The molecule has 124 valence electrons. The molecule has 1 heterocycles. The van der Waals surface area contributed by atoms with Crippen molar-refractivity contribution in [3.8, 4) is 0 Å². The van der Waals surface area contributed by atoms with E-state index in [-0.39, 0.29) is 17.7 Å². The molecular formula is C18H20N4O2. The van der Waals surface area contributed by atoms with Crippen molar-refractivity contribution in [1.29, 1.82) is 0 Å². The zero-order valence-corrected chi connectivity index (χ0v) is 13.6. The van der Waals surface area contributed by atoms with Gasteiger partial charge in [0.15, 0.2) is 17.3 Å². The van der Waals surface area contributed by atoms with Crippen LogP contribution in [0.25, 0.3) is 0 Å². The minimum atomic E-state index is -0.174. The number of benzene rings is 1. The Labute approximate surface area is 140 Å². The van der Waals surface area contributed by atoms with Gasteiger partial charge < -0.3 is 10.6 Å². The molecule has 1 aliphatic carbocycles. The molecule has 1 aliphatic rings. The molecule has 0 radical (unpaired) electrons. The SMILES string of the molecule is CC(=O)c1ccc(Nc2ccc(C(=O)NC3CCCC3)nn2)cc1. The van der Waals surface area contributed by atoms with E-state index in [4.69, 9.17) is 0 Å². The summed E-state index contributed by atoms with van der Waals surface area (Å²) in [7, 11) is 0. The Hall–Kier alpha value is -2.76. The summed E-state index contributed by atoms with van der Waals surface area (Å²) in [5, 5.41) is 14.1. The van der Waals surface area contributed by atoms with Gasteiger partial charge in [-0.3, -0.25) is 9.59 Å². The zero-order valence-electron chi connectivity index (χ0n) is 13.6. The molecule has 0 spiro atoms. The molecule has 0 aliphatic heterocycles. The zero-order chi connectivity index (χ0) is 16.9. The van der Waals surface area contributed by atoms with Gasteiger partial charge in [0.25, 0.3) is 5.91 Å². The molecule has 0 unspecified atom stereocenters. The quantitative estimate of drug-likeness (QED) is 0.826. The summed E-state index contributed by atoms with van der Waals surface area (Å²) in [4.78, 5) is 23.4. The standard InChI is InChI=1S/C18H20N4O2/c1-12(23)13-6-8-15(9-7-13)19-17-11-10-16(21-22-17)18(24)20-14-4-2-3-5-14/h6-11,14H,2-5H2,1H3,(H,19,22)(H,20,24). The van der Waals surface area contributed by atoms with Crippen LogP contribution in [0.3, 0.4) is 0 Å². The van der Waals surface area contributed by atoms with Gasteiger partial charge in [-0.1, -0.05) is 12.8 Å². The summed E-state index contributed by atoms with van der Waals surface area (Å²) in [6.07, 6.45) is 4.41. The van der Waals surface area contributed by atoms with E-state index in [9.17, 15) is 9.59 Å². The molecule has 24 heavy (non-hydrogen) atoms. The molecule has 1 aromatic heterocycles. The average Bonchev–Trinajstić information content (AvgIpc) is 3.09. The lowest BCUT2D eigenvalue weighted by Gasteiger charge is -2.11. The molecule has 6 heteroatoms. The first-order valence-corrected chi connectivity index (χ1v) is 8.14. The summed E-state index contributed by atoms with van der Waals surface area (Å²) in [6.45, 7) is 1.53. The van der Waals surface area contributed by atoms with Gasteiger partial charge in [-0.15, -0.1) is 10.2 Å². The maximum atomic E-state index is 12.1. The van der Waals surface area contributed by atoms with Gasteiger partial charge in [-0.25, -0.2) is 0 Å². The van der Waals surface area contributed by atoms with Gasteiger partial charge in [0.05, 0.1) is 0 Å². The van der Waals surface area contributed by atoms with Crippen LogP contribution < -0.4 is 10.6 Å². The lowest BCUT2D eigenvalue weighted by atomic mass is 10.1. The van der Waals surface area contributed by atoms with E-state index in [1.54, 1.807) is 36.4 Å². The van der Waals surface area contributed by atoms with Crippen molar-refractivity contribution in [2.75, 3.05) is 5.32 Å². The van der Waals surface area contributed by atoms with Crippen LogP contribution in [0.4, 0.5) is 11.5 Å². The van der Waals surface area contributed by atoms with Crippen LogP contribution >= 0.6 is 0 Å². The number of nitrogens with zero attached hydrogens (tertiary/aromatic N) is 2. The summed E-state index contributed by atoms with van der Waals surface area (Å²) in [5.41, 5.74) is 1.78. The number of hydrogen-bond acceptors (Lipinski definition) is 5. The van der Waals surface area contributed by atoms with Crippen molar-refractivity contribution in [2.24, 2.45) is 0 Å². The lowest BCUT2D eigenvalue weighted by Crippen LogP contribution is -2.33. The Morgan fingerprint density at radius 2 is 1.71 bits per heavy atom. The third-order valence-corrected chi connectivity index (χ3v) is 4.15. The van der Waals surface area contributed by atoms with Crippen LogP contribution in [0.1, 0.15) is 53.5 Å². The van der Waals surface area contributed by atoms with Gasteiger partial charge in [0.2, 0.25) is 0 Å². The second-order valence-corrected chi connectivity index (χ2v) is 6.02. The minimum Gasteiger partial charge on any atom is -0.348 e. The number of amides is 1. The monoisotopic (exact) mass is 324 g/mol. The fourth-order valence-electron chi connectivity index (χ4n) is 2.79. The maximum absolute atomic E-state index is 12.1. The highest BCUT2D eigenvalue weighted by atomic mass is 16.2.